The van der Waals surface area contributed by atoms with Gasteiger partial charge in [0.05, 0.1) is 19.8 Å². The summed E-state index contributed by atoms with van der Waals surface area (Å²) >= 11 is 0. The van der Waals surface area contributed by atoms with Crippen molar-refractivity contribution in [1.29, 1.82) is 0 Å². The maximum atomic E-state index is 13.5. The number of benzene rings is 1. The molecule has 0 aliphatic rings. The van der Waals surface area contributed by atoms with E-state index < -0.39 is 17.8 Å². The van der Waals surface area contributed by atoms with Gasteiger partial charge in [0.2, 0.25) is 0 Å². The van der Waals surface area contributed by atoms with E-state index in [-0.39, 0.29) is 17.1 Å². The fourth-order valence-electron chi connectivity index (χ4n) is 1.53. The van der Waals surface area contributed by atoms with Crippen LogP contribution in [0.4, 0.5) is 13.2 Å². The lowest BCUT2D eigenvalue weighted by Crippen LogP contribution is -2.41. The average molecular weight is 249 g/mol. The van der Waals surface area contributed by atoms with Crippen LogP contribution in [0, 0.1) is 5.82 Å². The zero-order valence-electron chi connectivity index (χ0n) is 9.76. The van der Waals surface area contributed by atoms with Crippen LogP contribution < -0.4 is 15.2 Å². The van der Waals surface area contributed by atoms with E-state index in [2.05, 4.69) is 0 Å². The van der Waals surface area contributed by atoms with Crippen LogP contribution in [-0.2, 0) is 5.54 Å². The first kappa shape index (κ1) is 13.6. The van der Waals surface area contributed by atoms with E-state index in [1.807, 2.05) is 0 Å². The monoisotopic (exact) mass is 249 g/mol. The highest BCUT2D eigenvalue weighted by Gasteiger charge is 2.39. The minimum absolute atomic E-state index is 0.0635. The molecule has 0 aromatic heterocycles. The van der Waals surface area contributed by atoms with Crippen molar-refractivity contribution in [2.75, 3.05) is 14.2 Å². The third-order valence-electron chi connectivity index (χ3n) is 2.49. The van der Waals surface area contributed by atoms with Gasteiger partial charge in [-0.1, -0.05) is 0 Å². The molecule has 0 amide bonds. The quantitative estimate of drug-likeness (QED) is 0.890. The summed E-state index contributed by atoms with van der Waals surface area (Å²) in [5.74, 6) is -1.02. The van der Waals surface area contributed by atoms with Crippen LogP contribution >= 0.6 is 0 Å². The lowest BCUT2D eigenvalue weighted by molar-refractivity contribution is 0.0592. The summed E-state index contributed by atoms with van der Waals surface area (Å²) in [5, 5.41) is 0. The maximum Gasteiger partial charge on any atom is 0.260 e. The van der Waals surface area contributed by atoms with Crippen molar-refractivity contribution in [3.63, 3.8) is 0 Å². The molecular weight excluding hydrogens is 235 g/mol. The number of hydrogen-bond donors (Lipinski definition) is 1. The van der Waals surface area contributed by atoms with Gasteiger partial charge in [-0.05, 0) is 19.1 Å². The molecule has 96 valence electrons. The third kappa shape index (κ3) is 2.31. The molecule has 0 radical (unpaired) electrons. The molecule has 1 atom stereocenters. The van der Waals surface area contributed by atoms with E-state index in [9.17, 15) is 13.2 Å². The predicted molar refractivity (Wildman–Crippen MR) is 57.0 cm³/mol. The fourth-order valence-corrected chi connectivity index (χ4v) is 1.53. The van der Waals surface area contributed by atoms with E-state index >= 15 is 0 Å². The molecule has 1 aromatic carbocycles. The number of nitrogens with two attached hydrogens (primary N) is 1. The summed E-state index contributed by atoms with van der Waals surface area (Å²) in [6, 6.07) is 2.31. The fraction of sp³-hybridized carbons (Fsp3) is 0.455. The number of methoxy groups -OCH3 is 2. The first-order valence-corrected chi connectivity index (χ1v) is 4.84. The lowest BCUT2D eigenvalue weighted by Gasteiger charge is -2.27. The molecule has 0 fully saturated rings. The van der Waals surface area contributed by atoms with Crippen molar-refractivity contribution in [3.05, 3.63) is 23.5 Å². The van der Waals surface area contributed by atoms with Gasteiger partial charge in [0, 0.05) is 0 Å². The van der Waals surface area contributed by atoms with Crippen molar-refractivity contribution >= 4 is 0 Å². The molecule has 0 bridgehead atoms. The highest BCUT2D eigenvalue weighted by atomic mass is 19.3. The van der Waals surface area contributed by atoms with Crippen LogP contribution in [0.2, 0.25) is 0 Å². The average Bonchev–Trinajstić information content (AvgIpc) is 2.28. The van der Waals surface area contributed by atoms with Crippen molar-refractivity contribution in [2.45, 2.75) is 18.9 Å². The third-order valence-corrected chi connectivity index (χ3v) is 2.49. The van der Waals surface area contributed by atoms with Crippen LogP contribution in [0.3, 0.4) is 0 Å². The molecule has 0 spiro atoms. The number of hydrogen-bond acceptors (Lipinski definition) is 3. The van der Waals surface area contributed by atoms with Gasteiger partial charge in [0.25, 0.3) is 6.43 Å². The first-order valence-electron chi connectivity index (χ1n) is 4.84. The van der Waals surface area contributed by atoms with Crippen LogP contribution in [0.5, 0.6) is 11.5 Å². The molecule has 1 rings (SSSR count). The highest BCUT2D eigenvalue weighted by Crippen LogP contribution is 2.40. The Hall–Kier alpha value is -1.43. The predicted octanol–water partition coefficient (Wildman–Crippen LogP) is 2.28. The number of ether oxygens (including phenoxy) is 2. The normalized spacial score (nSPS) is 14.6. The first-order chi connectivity index (χ1) is 7.86. The van der Waals surface area contributed by atoms with E-state index in [0.717, 1.165) is 13.0 Å². The van der Waals surface area contributed by atoms with E-state index in [1.165, 1.54) is 20.3 Å². The smallest absolute Gasteiger partial charge is 0.260 e. The zero-order valence-corrected chi connectivity index (χ0v) is 9.76. The van der Waals surface area contributed by atoms with Crippen molar-refractivity contribution < 1.29 is 22.6 Å². The Morgan fingerprint density at radius 1 is 1.24 bits per heavy atom. The Labute approximate surface area is 97.3 Å². The van der Waals surface area contributed by atoms with Crippen molar-refractivity contribution in [1.82, 2.24) is 0 Å². The summed E-state index contributed by atoms with van der Waals surface area (Å²) in [5.41, 5.74) is 3.29. The molecule has 0 saturated heterocycles. The number of alkyl halides is 2. The van der Waals surface area contributed by atoms with Gasteiger partial charge in [-0.2, -0.15) is 0 Å². The van der Waals surface area contributed by atoms with E-state index in [0.29, 0.717) is 0 Å². The van der Waals surface area contributed by atoms with Crippen LogP contribution in [0.25, 0.3) is 0 Å². The van der Waals surface area contributed by atoms with Crippen molar-refractivity contribution in [3.8, 4) is 11.5 Å². The second-order valence-electron chi connectivity index (χ2n) is 3.74. The Balaban J connectivity index is 3.52. The minimum atomic E-state index is -2.88. The van der Waals surface area contributed by atoms with Gasteiger partial charge >= 0.3 is 0 Å². The van der Waals surface area contributed by atoms with Gasteiger partial charge in [-0.25, -0.2) is 13.2 Å². The number of rotatable bonds is 4. The lowest BCUT2D eigenvalue weighted by atomic mass is 9.91. The van der Waals surface area contributed by atoms with Crippen molar-refractivity contribution in [2.24, 2.45) is 5.73 Å². The van der Waals surface area contributed by atoms with Crippen LogP contribution in [0.1, 0.15) is 12.5 Å². The SMILES string of the molecule is COc1ccc(F)c(OC)c1C(C)(N)C(F)F. The molecule has 2 N–H and O–H groups in total. The molecule has 0 heterocycles. The van der Waals surface area contributed by atoms with Gasteiger partial charge < -0.3 is 15.2 Å². The zero-order chi connectivity index (χ0) is 13.2. The summed E-state index contributed by atoms with van der Waals surface area (Å²) in [6.45, 7) is 1.09. The molecule has 0 aliphatic heterocycles. The maximum absolute atomic E-state index is 13.5. The van der Waals surface area contributed by atoms with E-state index in [1.54, 1.807) is 0 Å². The van der Waals surface area contributed by atoms with Gasteiger partial charge in [-0.3, -0.25) is 0 Å². The molecule has 3 nitrogen and oxygen atoms in total. The summed E-state index contributed by atoms with van der Waals surface area (Å²) in [6.07, 6.45) is -2.88. The Morgan fingerprint density at radius 3 is 2.24 bits per heavy atom. The van der Waals surface area contributed by atoms with Gasteiger partial charge in [0.15, 0.2) is 11.6 Å². The molecule has 0 saturated carbocycles. The Bertz CT molecular complexity index is 408. The molecule has 17 heavy (non-hydrogen) atoms. The summed E-state index contributed by atoms with van der Waals surface area (Å²) in [7, 11) is 2.47. The molecule has 0 aliphatic carbocycles. The second kappa shape index (κ2) is 4.83. The molecule has 1 aromatic rings. The topological polar surface area (TPSA) is 44.5 Å². The summed E-state index contributed by atoms with van der Waals surface area (Å²) < 4.78 is 49.0. The highest BCUT2D eigenvalue weighted by molar-refractivity contribution is 5.50. The molecule has 6 heteroatoms. The van der Waals surface area contributed by atoms with Crippen LogP contribution in [-0.4, -0.2) is 20.6 Å². The molecular formula is C11H14F3NO2. The molecule has 1 unspecified atom stereocenters. The standard InChI is InChI=1S/C11H14F3NO2/c1-11(15,10(13)14)8-7(16-2)5-4-6(12)9(8)17-3/h4-5,10H,15H2,1-3H3. The Kier molecular flexibility index (Phi) is 3.87. The van der Waals surface area contributed by atoms with Gasteiger partial charge in [0.1, 0.15) is 11.3 Å². The largest absolute Gasteiger partial charge is 0.496 e. The minimum Gasteiger partial charge on any atom is -0.496 e. The van der Waals surface area contributed by atoms with E-state index in [4.69, 9.17) is 15.2 Å². The van der Waals surface area contributed by atoms with Crippen LogP contribution in [0.15, 0.2) is 12.1 Å². The van der Waals surface area contributed by atoms with Gasteiger partial charge in [-0.15, -0.1) is 0 Å². The second-order valence-corrected chi connectivity index (χ2v) is 3.74. The number of halogens is 3. The Morgan fingerprint density at radius 2 is 1.82 bits per heavy atom. The summed E-state index contributed by atoms with van der Waals surface area (Å²) in [4.78, 5) is 0.